The summed E-state index contributed by atoms with van der Waals surface area (Å²) in [5, 5.41) is 8.83. The second kappa shape index (κ2) is 7.97. The van der Waals surface area contributed by atoms with Gasteiger partial charge in [-0.05, 0) is 29.8 Å². The largest absolute Gasteiger partial charge is 0.378 e. The number of morpholine rings is 1. The highest BCUT2D eigenvalue weighted by atomic mass is 19.1. The zero-order valence-electron chi connectivity index (χ0n) is 14.9. The molecule has 0 spiro atoms. The van der Waals surface area contributed by atoms with Crippen LogP contribution in [0.25, 0.3) is 0 Å². The van der Waals surface area contributed by atoms with E-state index >= 15 is 0 Å². The van der Waals surface area contributed by atoms with Crippen LogP contribution in [0.5, 0.6) is 0 Å². The molecule has 0 unspecified atom stereocenters. The number of hydrogen-bond donors (Lipinski definition) is 0. The second-order valence-corrected chi connectivity index (χ2v) is 6.74. The van der Waals surface area contributed by atoms with Crippen molar-refractivity contribution in [2.24, 2.45) is 0 Å². The lowest BCUT2D eigenvalue weighted by Crippen LogP contribution is -2.46. The quantitative estimate of drug-likeness (QED) is 0.831. The molecule has 0 atom stereocenters. The molecule has 1 aromatic heterocycles. The van der Waals surface area contributed by atoms with Gasteiger partial charge in [-0.25, -0.2) is 4.39 Å². The standard InChI is InChI=1S/C19H24FN5O/c20-17-3-1-16(2-4-17)15-23-7-9-24(10-8-23)18-5-6-19(22-21-18)25-11-13-26-14-12-25/h1-6H,7-15H2. The van der Waals surface area contributed by atoms with E-state index in [-0.39, 0.29) is 5.82 Å². The summed E-state index contributed by atoms with van der Waals surface area (Å²) in [5.41, 5.74) is 1.15. The molecule has 7 heteroatoms. The van der Waals surface area contributed by atoms with Crippen LogP contribution >= 0.6 is 0 Å². The SMILES string of the molecule is Fc1ccc(CN2CCN(c3ccc(N4CCOCC4)nn3)CC2)cc1. The van der Waals surface area contributed by atoms with Gasteiger partial charge in [0.1, 0.15) is 5.82 Å². The Morgan fingerprint density at radius 2 is 1.35 bits per heavy atom. The van der Waals surface area contributed by atoms with Crippen LogP contribution in [0.1, 0.15) is 5.56 Å². The minimum atomic E-state index is -0.183. The molecule has 2 aliphatic rings. The lowest BCUT2D eigenvalue weighted by molar-refractivity contribution is 0.122. The van der Waals surface area contributed by atoms with Crippen molar-refractivity contribution in [1.29, 1.82) is 0 Å². The number of benzene rings is 1. The first-order chi connectivity index (χ1) is 12.8. The summed E-state index contributed by atoms with van der Waals surface area (Å²) < 4.78 is 18.4. The van der Waals surface area contributed by atoms with Crippen molar-refractivity contribution in [3.8, 4) is 0 Å². The zero-order chi connectivity index (χ0) is 17.8. The van der Waals surface area contributed by atoms with Crippen molar-refractivity contribution < 1.29 is 9.13 Å². The molecule has 3 heterocycles. The van der Waals surface area contributed by atoms with Crippen LogP contribution in [0, 0.1) is 5.82 Å². The fraction of sp³-hybridized carbons (Fsp3) is 0.474. The van der Waals surface area contributed by atoms with Gasteiger partial charge in [0, 0.05) is 45.8 Å². The Balaban J connectivity index is 1.30. The fourth-order valence-corrected chi connectivity index (χ4v) is 3.43. The van der Waals surface area contributed by atoms with Gasteiger partial charge in [0.15, 0.2) is 11.6 Å². The molecule has 2 fully saturated rings. The number of piperazine rings is 1. The molecule has 2 aromatic rings. The van der Waals surface area contributed by atoms with E-state index in [2.05, 4.69) is 37.0 Å². The highest BCUT2D eigenvalue weighted by molar-refractivity contribution is 5.45. The Morgan fingerprint density at radius 1 is 0.769 bits per heavy atom. The Bertz CT molecular complexity index is 695. The van der Waals surface area contributed by atoms with Gasteiger partial charge in [-0.1, -0.05) is 12.1 Å². The van der Waals surface area contributed by atoms with Gasteiger partial charge in [0.2, 0.25) is 0 Å². The Labute approximate surface area is 153 Å². The van der Waals surface area contributed by atoms with Crippen molar-refractivity contribution in [3.63, 3.8) is 0 Å². The molecule has 0 amide bonds. The normalized spacial score (nSPS) is 19.0. The molecule has 138 valence electrons. The smallest absolute Gasteiger partial charge is 0.151 e. The third-order valence-corrected chi connectivity index (χ3v) is 4.99. The summed E-state index contributed by atoms with van der Waals surface area (Å²) >= 11 is 0. The van der Waals surface area contributed by atoms with Crippen LogP contribution in [0.2, 0.25) is 0 Å². The summed E-state index contributed by atoms with van der Waals surface area (Å²) in [6.07, 6.45) is 0. The molecule has 2 saturated heterocycles. The van der Waals surface area contributed by atoms with E-state index < -0.39 is 0 Å². The summed E-state index contributed by atoms with van der Waals surface area (Å²) in [6.45, 7) is 7.87. The van der Waals surface area contributed by atoms with Crippen LogP contribution in [0.4, 0.5) is 16.0 Å². The first-order valence-electron chi connectivity index (χ1n) is 9.16. The molecule has 2 aliphatic heterocycles. The van der Waals surface area contributed by atoms with Gasteiger partial charge in [-0.3, -0.25) is 4.90 Å². The van der Waals surface area contributed by atoms with Crippen molar-refractivity contribution in [2.45, 2.75) is 6.54 Å². The van der Waals surface area contributed by atoms with E-state index in [0.29, 0.717) is 0 Å². The summed E-state index contributed by atoms with van der Waals surface area (Å²) in [4.78, 5) is 6.87. The average Bonchev–Trinajstić information content (AvgIpc) is 2.71. The van der Waals surface area contributed by atoms with Crippen molar-refractivity contribution in [1.82, 2.24) is 15.1 Å². The third-order valence-electron chi connectivity index (χ3n) is 4.99. The number of hydrogen-bond acceptors (Lipinski definition) is 6. The van der Waals surface area contributed by atoms with Crippen LogP contribution in [0.3, 0.4) is 0 Å². The first kappa shape index (κ1) is 17.2. The topological polar surface area (TPSA) is 44.7 Å². The van der Waals surface area contributed by atoms with E-state index in [1.165, 1.54) is 12.1 Å². The monoisotopic (exact) mass is 357 g/mol. The predicted octanol–water partition coefficient (Wildman–Crippen LogP) is 1.77. The maximum atomic E-state index is 13.0. The number of ether oxygens (including phenoxy) is 1. The molecule has 6 nitrogen and oxygen atoms in total. The second-order valence-electron chi connectivity index (χ2n) is 6.74. The highest BCUT2D eigenvalue weighted by Crippen LogP contribution is 2.18. The maximum Gasteiger partial charge on any atom is 0.151 e. The van der Waals surface area contributed by atoms with Gasteiger partial charge in [0.25, 0.3) is 0 Å². The third kappa shape index (κ3) is 4.11. The number of nitrogens with zero attached hydrogens (tertiary/aromatic N) is 5. The lowest BCUT2D eigenvalue weighted by atomic mass is 10.2. The van der Waals surface area contributed by atoms with E-state index in [1.807, 2.05) is 12.1 Å². The summed E-state index contributed by atoms with van der Waals surface area (Å²) in [7, 11) is 0. The first-order valence-corrected chi connectivity index (χ1v) is 9.16. The molecule has 0 N–H and O–H groups in total. The van der Waals surface area contributed by atoms with Crippen LogP contribution in [-0.2, 0) is 11.3 Å². The minimum Gasteiger partial charge on any atom is -0.378 e. The molecule has 0 aliphatic carbocycles. The lowest BCUT2D eigenvalue weighted by Gasteiger charge is -2.35. The maximum absolute atomic E-state index is 13.0. The Hall–Kier alpha value is -2.25. The molecular formula is C19H24FN5O. The van der Waals surface area contributed by atoms with Gasteiger partial charge < -0.3 is 14.5 Å². The van der Waals surface area contributed by atoms with Gasteiger partial charge in [0.05, 0.1) is 13.2 Å². The van der Waals surface area contributed by atoms with Crippen molar-refractivity contribution >= 4 is 11.6 Å². The number of anilines is 2. The van der Waals surface area contributed by atoms with E-state index in [0.717, 1.165) is 76.2 Å². The van der Waals surface area contributed by atoms with E-state index in [1.54, 1.807) is 0 Å². The Kier molecular flexibility index (Phi) is 5.26. The zero-order valence-corrected chi connectivity index (χ0v) is 14.9. The Morgan fingerprint density at radius 3 is 1.92 bits per heavy atom. The highest BCUT2D eigenvalue weighted by Gasteiger charge is 2.19. The van der Waals surface area contributed by atoms with Gasteiger partial charge in [-0.15, -0.1) is 10.2 Å². The molecule has 4 rings (SSSR count). The van der Waals surface area contributed by atoms with Crippen molar-refractivity contribution in [2.75, 3.05) is 62.3 Å². The predicted molar refractivity (Wildman–Crippen MR) is 99.0 cm³/mol. The fourth-order valence-electron chi connectivity index (χ4n) is 3.43. The van der Waals surface area contributed by atoms with Gasteiger partial charge >= 0.3 is 0 Å². The summed E-state index contributed by atoms with van der Waals surface area (Å²) in [6, 6.07) is 10.9. The molecule has 0 radical (unpaired) electrons. The van der Waals surface area contributed by atoms with E-state index in [9.17, 15) is 4.39 Å². The molecule has 0 bridgehead atoms. The van der Waals surface area contributed by atoms with Gasteiger partial charge in [-0.2, -0.15) is 0 Å². The van der Waals surface area contributed by atoms with E-state index in [4.69, 9.17) is 4.74 Å². The van der Waals surface area contributed by atoms with Crippen molar-refractivity contribution in [3.05, 3.63) is 47.8 Å². The number of halogens is 1. The van der Waals surface area contributed by atoms with Crippen LogP contribution < -0.4 is 9.80 Å². The van der Waals surface area contributed by atoms with Crippen LogP contribution in [0.15, 0.2) is 36.4 Å². The molecular weight excluding hydrogens is 333 g/mol. The minimum absolute atomic E-state index is 0.183. The average molecular weight is 357 g/mol. The number of aromatic nitrogens is 2. The van der Waals surface area contributed by atoms with Crippen LogP contribution in [-0.4, -0.2) is 67.6 Å². The molecule has 26 heavy (non-hydrogen) atoms. The summed E-state index contributed by atoms with van der Waals surface area (Å²) in [5.74, 6) is 1.67. The molecule has 1 aromatic carbocycles. The molecule has 0 saturated carbocycles. The number of rotatable bonds is 4.